The van der Waals surface area contributed by atoms with Gasteiger partial charge in [0.15, 0.2) is 5.82 Å². The van der Waals surface area contributed by atoms with Crippen LogP contribution in [-0.2, 0) is 20.7 Å². The first-order chi connectivity index (χ1) is 22.4. The van der Waals surface area contributed by atoms with Gasteiger partial charge in [-0.05, 0) is 73.5 Å². The molecular weight excluding hydrogens is 586 g/mol. The van der Waals surface area contributed by atoms with Gasteiger partial charge in [0.05, 0.1) is 13.2 Å². The minimum absolute atomic E-state index is 0.114. The van der Waals surface area contributed by atoms with E-state index in [1.807, 2.05) is 36.7 Å². The van der Waals surface area contributed by atoms with Crippen LogP contribution in [0.2, 0.25) is 0 Å². The van der Waals surface area contributed by atoms with Crippen LogP contribution in [0.25, 0.3) is 22.5 Å². The third-order valence-electron chi connectivity index (χ3n) is 8.74. The summed E-state index contributed by atoms with van der Waals surface area (Å²) in [6, 6.07) is 14.0. The standard InChI is InChI=1S/C33H39N9O4/c34-18-21-4-6-24(7-5-21)30(43)38-28(31(44)37-27-10-8-23(9-11-27)29-39-33(45)41-40-29)17-22-2-1-3-25(16-22)26-19-35-32(36-20-26)42-12-14-46-15-13-42/h1-3,8-11,16,19-21,24,28H,4-7,12-15,17-18,34H2,(H,37,44)(H,38,43)(H2,39,40,41,45). The van der Waals surface area contributed by atoms with Crippen LogP contribution in [0.15, 0.2) is 65.7 Å². The second-order valence-corrected chi connectivity index (χ2v) is 11.9. The molecule has 2 aromatic heterocycles. The van der Waals surface area contributed by atoms with Crippen molar-refractivity contribution in [3.8, 4) is 22.5 Å². The summed E-state index contributed by atoms with van der Waals surface area (Å²) in [7, 11) is 0. The molecule has 13 heteroatoms. The number of hydrogen-bond donors (Lipinski definition) is 5. The van der Waals surface area contributed by atoms with Gasteiger partial charge in [0.1, 0.15) is 6.04 Å². The van der Waals surface area contributed by atoms with Crippen molar-refractivity contribution < 1.29 is 14.3 Å². The number of aromatic nitrogens is 5. The van der Waals surface area contributed by atoms with Crippen LogP contribution in [0, 0.1) is 11.8 Å². The van der Waals surface area contributed by atoms with Crippen LogP contribution < -0.4 is 27.0 Å². The van der Waals surface area contributed by atoms with Crippen LogP contribution in [-0.4, -0.2) is 75.9 Å². The number of morpholine rings is 1. The number of aromatic amines is 2. The average Bonchev–Trinajstić information content (AvgIpc) is 3.55. The Morgan fingerprint density at radius 1 is 0.978 bits per heavy atom. The van der Waals surface area contributed by atoms with Crippen LogP contribution >= 0.6 is 0 Å². The Kier molecular flexibility index (Phi) is 9.79. The lowest BCUT2D eigenvalue weighted by Crippen LogP contribution is -2.48. The monoisotopic (exact) mass is 625 g/mol. The van der Waals surface area contributed by atoms with Crippen molar-refractivity contribution in [2.75, 3.05) is 43.1 Å². The first kappa shape index (κ1) is 31.1. The third kappa shape index (κ3) is 7.66. The molecule has 240 valence electrons. The summed E-state index contributed by atoms with van der Waals surface area (Å²) < 4.78 is 5.43. The molecular formula is C33H39N9O4. The summed E-state index contributed by atoms with van der Waals surface area (Å²) in [5.74, 6) is 0.930. The summed E-state index contributed by atoms with van der Waals surface area (Å²) in [6.45, 7) is 3.46. The third-order valence-corrected chi connectivity index (χ3v) is 8.74. The Hall–Kier alpha value is -4.88. The molecule has 3 heterocycles. The number of nitrogens with one attached hydrogen (secondary N) is 4. The number of benzene rings is 2. The quantitative estimate of drug-likeness (QED) is 0.177. The molecule has 6 N–H and O–H groups in total. The summed E-state index contributed by atoms with van der Waals surface area (Å²) in [5, 5.41) is 12.3. The van der Waals surface area contributed by atoms with Crippen LogP contribution in [0.4, 0.5) is 11.6 Å². The van der Waals surface area contributed by atoms with Crippen molar-refractivity contribution in [3.05, 3.63) is 77.0 Å². The van der Waals surface area contributed by atoms with Gasteiger partial charge in [0, 0.05) is 54.6 Å². The molecule has 4 aromatic rings. The van der Waals surface area contributed by atoms with Gasteiger partial charge in [-0.15, -0.1) is 0 Å². The fraction of sp³-hybridized carbons (Fsp3) is 0.394. The molecule has 0 bridgehead atoms. The normalized spacial score (nSPS) is 18.9. The lowest BCUT2D eigenvalue weighted by atomic mass is 9.81. The Morgan fingerprint density at radius 2 is 1.72 bits per heavy atom. The number of ether oxygens (including phenoxy) is 1. The van der Waals surface area contributed by atoms with E-state index < -0.39 is 11.7 Å². The van der Waals surface area contributed by atoms with E-state index >= 15 is 0 Å². The Bertz CT molecular complexity index is 1670. The number of hydrogen-bond acceptors (Lipinski definition) is 9. The molecule has 1 aliphatic carbocycles. The number of nitrogens with two attached hydrogens (primary N) is 1. The topological polar surface area (TPSA) is 184 Å². The SMILES string of the molecule is NCC1CCC(C(=O)NC(Cc2cccc(-c3cnc(N4CCOCC4)nc3)c2)C(=O)Nc2ccc(-c3n[nH]c(=O)[nH]3)cc2)CC1. The highest BCUT2D eigenvalue weighted by Gasteiger charge is 2.29. The zero-order chi connectivity index (χ0) is 31.9. The Labute approximate surface area is 266 Å². The highest BCUT2D eigenvalue weighted by Crippen LogP contribution is 2.29. The summed E-state index contributed by atoms with van der Waals surface area (Å²) in [5.41, 5.74) is 9.37. The molecule has 1 saturated heterocycles. The molecule has 1 saturated carbocycles. The predicted molar refractivity (Wildman–Crippen MR) is 174 cm³/mol. The molecule has 1 atom stereocenters. The molecule has 1 unspecified atom stereocenters. The molecule has 0 radical (unpaired) electrons. The molecule has 2 aromatic carbocycles. The summed E-state index contributed by atoms with van der Waals surface area (Å²) in [6.07, 6.45) is 7.25. The molecule has 13 nitrogen and oxygen atoms in total. The molecule has 1 aliphatic heterocycles. The van der Waals surface area contributed by atoms with Crippen molar-refractivity contribution in [2.45, 2.75) is 38.1 Å². The lowest BCUT2D eigenvalue weighted by Gasteiger charge is -2.28. The van der Waals surface area contributed by atoms with Crippen molar-refractivity contribution in [2.24, 2.45) is 17.6 Å². The van der Waals surface area contributed by atoms with Crippen molar-refractivity contribution in [3.63, 3.8) is 0 Å². The number of carbonyl (C=O) groups is 2. The zero-order valence-corrected chi connectivity index (χ0v) is 25.6. The molecule has 2 aliphatic rings. The van der Waals surface area contributed by atoms with E-state index in [1.165, 1.54) is 0 Å². The predicted octanol–water partition coefficient (Wildman–Crippen LogP) is 2.49. The maximum Gasteiger partial charge on any atom is 0.340 e. The maximum atomic E-state index is 13.7. The fourth-order valence-corrected chi connectivity index (χ4v) is 6.02. The van der Waals surface area contributed by atoms with Crippen LogP contribution in [0.5, 0.6) is 0 Å². The van der Waals surface area contributed by atoms with Gasteiger partial charge in [-0.25, -0.2) is 19.9 Å². The van der Waals surface area contributed by atoms with Gasteiger partial charge >= 0.3 is 5.69 Å². The molecule has 2 fully saturated rings. The highest BCUT2D eigenvalue weighted by atomic mass is 16.5. The first-order valence-corrected chi connectivity index (χ1v) is 15.8. The first-order valence-electron chi connectivity index (χ1n) is 15.8. The number of anilines is 2. The van der Waals surface area contributed by atoms with Crippen LogP contribution in [0.3, 0.4) is 0 Å². The van der Waals surface area contributed by atoms with E-state index in [2.05, 4.69) is 40.7 Å². The van der Waals surface area contributed by atoms with Crippen molar-refractivity contribution in [1.29, 1.82) is 0 Å². The van der Waals surface area contributed by atoms with Gasteiger partial charge in [-0.2, -0.15) is 5.10 Å². The van der Waals surface area contributed by atoms with Crippen molar-refractivity contribution in [1.82, 2.24) is 30.5 Å². The minimum Gasteiger partial charge on any atom is -0.378 e. The van der Waals surface area contributed by atoms with Gasteiger partial charge in [-0.3, -0.25) is 14.6 Å². The zero-order valence-electron chi connectivity index (χ0n) is 25.6. The molecule has 2 amide bonds. The van der Waals surface area contributed by atoms with Gasteiger partial charge in [0.2, 0.25) is 17.8 Å². The van der Waals surface area contributed by atoms with E-state index in [0.29, 0.717) is 55.1 Å². The van der Waals surface area contributed by atoms with E-state index in [0.717, 1.165) is 55.5 Å². The summed E-state index contributed by atoms with van der Waals surface area (Å²) >= 11 is 0. The van der Waals surface area contributed by atoms with E-state index in [-0.39, 0.29) is 17.7 Å². The minimum atomic E-state index is -0.808. The summed E-state index contributed by atoms with van der Waals surface area (Å²) in [4.78, 5) is 52.4. The van der Waals surface area contributed by atoms with Crippen molar-refractivity contribution >= 4 is 23.5 Å². The smallest absolute Gasteiger partial charge is 0.340 e. The molecule has 6 rings (SSSR count). The van der Waals surface area contributed by atoms with E-state index in [4.69, 9.17) is 10.5 Å². The fourth-order valence-electron chi connectivity index (χ4n) is 6.02. The van der Waals surface area contributed by atoms with Crippen LogP contribution in [0.1, 0.15) is 31.2 Å². The second kappa shape index (κ2) is 14.5. The van der Waals surface area contributed by atoms with Gasteiger partial charge < -0.3 is 26.0 Å². The van der Waals surface area contributed by atoms with Gasteiger partial charge in [0.25, 0.3) is 0 Å². The number of rotatable bonds is 10. The number of nitrogens with zero attached hydrogens (tertiary/aromatic N) is 4. The second-order valence-electron chi connectivity index (χ2n) is 11.9. The lowest BCUT2D eigenvalue weighted by molar-refractivity contribution is -0.130. The Balaban J connectivity index is 1.17. The van der Waals surface area contributed by atoms with Gasteiger partial charge in [-0.1, -0.05) is 24.3 Å². The number of amides is 2. The average molecular weight is 626 g/mol. The maximum absolute atomic E-state index is 13.7. The van der Waals surface area contributed by atoms with E-state index in [1.54, 1.807) is 24.3 Å². The number of carbonyl (C=O) groups excluding carboxylic acids is 2. The van der Waals surface area contributed by atoms with E-state index in [9.17, 15) is 14.4 Å². The highest BCUT2D eigenvalue weighted by molar-refractivity contribution is 5.97. The Morgan fingerprint density at radius 3 is 2.39 bits per heavy atom. The number of H-pyrrole nitrogens is 2. The molecule has 0 spiro atoms. The largest absolute Gasteiger partial charge is 0.378 e. The molecule has 46 heavy (non-hydrogen) atoms.